The third kappa shape index (κ3) is 2.63. The van der Waals surface area contributed by atoms with Crippen LogP contribution in [0.3, 0.4) is 0 Å². The van der Waals surface area contributed by atoms with Crippen molar-refractivity contribution in [2.45, 2.75) is 38.8 Å². The molecule has 3 unspecified atom stereocenters. The van der Waals surface area contributed by atoms with E-state index in [0.717, 1.165) is 30.4 Å². The van der Waals surface area contributed by atoms with E-state index < -0.39 is 6.10 Å². The molecular formula is C16H23N3O2. The number of aromatic nitrogens is 2. The summed E-state index contributed by atoms with van der Waals surface area (Å²) in [6, 6.07) is 5.67. The van der Waals surface area contributed by atoms with E-state index >= 15 is 0 Å². The first-order valence-electron chi connectivity index (χ1n) is 7.64. The van der Waals surface area contributed by atoms with Gasteiger partial charge in [0.05, 0.1) is 11.0 Å². The van der Waals surface area contributed by atoms with E-state index in [2.05, 4.69) is 9.55 Å². The fourth-order valence-electron chi connectivity index (χ4n) is 3.51. The SMILES string of the molecule is CC(O)c1nc2cc(N)ccc2n1CC1CCCC1CO. The number of benzene rings is 1. The van der Waals surface area contributed by atoms with Crippen LogP contribution >= 0.6 is 0 Å². The largest absolute Gasteiger partial charge is 0.399 e. The van der Waals surface area contributed by atoms with Crippen LogP contribution in [0.4, 0.5) is 5.69 Å². The van der Waals surface area contributed by atoms with Gasteiger partial charge in [0, 0.05) is 18.8 Å². The Balaban J connectivity index is 2.01. The molecule has 1 saturated carbocycles. The number of hydrogen-bond donors (Lipinski definition) is 3. The first kappa shape index (κ1) is 14.4. The monoisotopic (exact) mass is 289 g/mol. The number of nitrogens with zero attached hydrogens (tertiary/aromatic N) is 2. The number of nitrogen functional groups attached to an aromatic ring is 1. The number of hydrogen-bond acceptors (Lipinski definition) is 4. The summed E-state index contributed by atoms with van der Waals surface area (Å²) in [5.74, 6) is 1.49. The number of anilines is 1. The minimum Gasteiger partial charge on any atom is -0.399 e. The molecule has 1 fully saturated rings. The van der Waals surface area contributed by atoms with Gasteiger partial charge in [-0.1, -0.05) is 6.42 Å². The van der Waals surface area contributed by atoms with Gasteiger partial charge in [0.1, 0.15) is 11.9 Å². The highest BCUT2D eigenvalue weighted by Crippen LogP contribution is 2.34. The van der Waals surface area contributed by atoms with Gasteiger partial charge < -0.3 is 20.5 Å². The third-order valence-corrected chi connectivity index (χ3v) is 4.64. The molecule has 0 spiro atoms. The molecule has 2 aromatic rings. The molecule has 0 amide bonds. The van der Waals surface area contributed by atoms with Crippen molar-refractivity contribution in [3.63, 3.8) is 0 Å². The number of imidazole rings is 1. The minimum absolute atomic E-state index is 0.244. The zero-order valence-corrected chi connectivity index (χ0v) is 12.4. The summed E-state index contributed by atoms with van der Waals surface area (Å²) in [4.78, 5) is 4.54. The smallest absolute Gasteiger partial charge is 0.138 e. The molecule has 5 heteroatoms. The van der Waals surface area contributed by atoms with Crippen LogP contribution in [0, 0.1) is 11.8 Å². The second kappa shape index (κ2) is 5.66. The maximum Gasteiger partial charge on any atom is 0.138 e. The molecule has 3 atom stereocenters. The lowest BCUT2D eigenvalue weighted by Crippen LogP contribution is -2.20. The van der Waals surface area contributed by atoms with E-state index in [1.807, 2.05) is 18.2 Å². The first-order valence-corrected chi connectivity index (χ1v) is 7.64. The minimum atomic E-state index is -0.618. The third-order valence-electron chi connectivity index (χ3n) is 4.64. The molecule has 0 aliphatic heterocycles. The van der Waals surface area contributed by atoms with Crippen LogP contribution in [0.15, 0.2) is 18.2 Å². The topological polar surface area (TPSA) is 84.3 Å². The van der Waals surface area contributed by atoms with Crippen molar-refractivity contribution in [1.29, 1.82) is 0 Å². The number of aliphatic hydroxyl groups excluding tert-OH is 2. The predicted molar refractivity (Wildman–Crippen MR) is 82.7 cm³/mol. The Labute approximate surface area is 124 Å². The summed E-state index contributed by atoms with van der Waals surface area (Å²) in [7, 11) is 0. The van der Waals surface area contributed by atoms with Gasteiger partial charge in [-0.05, 0) is 49.8 Å². The molecule has 0 saturated heterocycles. The van der Waals surface area contributed by atoms with Crippen molar-refractivity contribution in [3.05, 3.63) is 24.0 Å². The van der Waals surface area contributed by atoms with E-state index in [0.29, 0.717) is 23.3 Å². The van der Waals surface area contributed by atoms with E-state index in [1.54, 1.807) is 6.92 Å². The Morgan fingerprint density at radius 1 is 1.38 bits per heavy atom. The highest BCUT2D eigenvalue weighted by molar-refractivity contribution is 5.79. The molecule has 5 nitrogen and oxygen atoms in total. The molecule has 114 valence electrons. The molecule has 0 bridgehead atoms. The van der Waals surface area contributed by atoms with Crippen LogP contribution in [0.5, 0.6) is 0 Å². The molecule has 21 heavy (non-hydrogen) atoms. The summed E-state index contributed by atoms with van der Waals surface area (Å²) in [5.41, 5.74) is 8.33. The van der Waals surface area contributed by atoms with Gasteiger partial charge in [0.25, 0.3) is 0 Å². The van der Waals surface area contributed by atoms with Crippen LogP contribution in [0.25, 0.3) is 11.0 Å². The number of fused-ring (bicyclic) bond motifs is 1. The molecule has 1 aliphatic carbocycles. The summed E-state index contributed by atoms with van der Waals surface area (Å²) in [5, 5.41) is 19.5. The lowest BCUT2D eigenvalue weighted by atomic mass is 9.96. The summed E-state index contributed by atoms with van der Waals surface area (Å²) < 4.78 is 2.10. The normalized spacial score (nSPS) is 23.8. The number of nitrogens with two attached hydrogens (primary N) is 1. The quantitative estimate of drug-likeness (QED) is 0.752. The van der Waals surface area contributed by atoms with E-state index in [1.165, 1.54) is 6.42 Å². The van der Waals surface area contributed by atoms with Crippen molar-refractivity contribution in [2.75, 3.05) is 12.3 Å². The zero-order valence-electron chi connectivity index (χ0n) is 12.4. The first-order chi connectivity index (χ1) is 10.1. The average molecular weight is 289 g/mol. The van der Waals surface area contributed by atoms with Crippen LogP contribution in [0.1, 0.15) is 38.1 Å². The van der Waals surface area contributed by atoms with Gasteiger partial charge in [-0.3, -0.25) is 0 Å². The molecule has 4 N–H and O–H groups in total. The lowest BCUT2D eigenvalue weighted by Gasteiger charge is -2.20. The van der Waals surface area contributed by atoms with E-state index in [-0.39, 0.29) is 6.61 Å². The van der Waals surface area contributed by atoms with Crippen molar-refractivity contribution in [3.8, 4) is 0 Å². The Morgan fingerprint density at radius 3 is 2.86 bits per heavy atom. The molecule has 1 heterocycles. The molecule has 0 radical (unpaired) electrons. The summed E-state index contributed by atoms with van der Waals surface area (Å²) in [6.07, 6.45) is 2.76. The second-order valence-electron chi connectivity index (χ2n) is 6.14. The van der Waals surface area contributed by atoms with Gasteiger partial charge in [-0.15, -0.1) is 0 Å². The molecule has 1 aliphatic rings. The van der Waals surface area contributed by atoms with Gasteiger partial charge in [0.2, 0.25) is 0 Å². The van der Waals surface area contributed by atoms with Crippen LogP contribution in [-0.4, -0.2) is 26.4 Å². The Hall–Kier alpha value is -1.59. The fourth-order valence-corrected chi connectivity index (χ4v) is 3.51. The van der Waals surface area contributed by atoms with Crippen molar-refractivity contribution >= 4 is 16.7 Å². The summed E-state index contributed by atoms with van der Waals surface area (Å²) >= 11 is 0. The van der Waals surface area contributed by atoms with Gasteiger partial charge in [-0.2, -0.15) is 0 Å². The zero-order chi connectivity index (χ0) is 15.0. The highest BCUT2D eigenvalue weighted by Gasteiger charge is 2.28. The Bertz CT molecular complexity index is 636. The fraction of sp³-hybridized carbons (Fsp3) is 0.562. The molecule has 1 aromatic heterocycles. The Morgan fingerprint density at radius 2 is 2.14 bits per heavy atom. The highest BCUT2D eigenvalue weighted by atomic mass is 16.3. The van der Waals surface area contributed by atoms with E-state index in [4.69, 9.17) is 5.73 Å². The van der Waals surface area contributed by atoms with Crippen molar-refractivity contribution < 1.29 is 10.2 Å². The molecule has 1 aromatic carbocycles. The average Bonchev–Trinajstić information content (AvgIpc) is 3.03. The van der Waals surface area contributed by atoms with E-state index in [9.17, 15) is 10.2 Å². The van der Waals surface area contributed by atoms with Crippen molar-refractivity contribution in [1.82, 2.24) is 9.55 Å². The van der Waals surface area contributed by atoms with Crippen LogP contribution < -0.4 is 5.73 Å². The van der Waals surface area contributed by atoms with Gasteiger partial charge >= 0.3 is 0 Å². The van der Waals surface area contributed by atoms with Crippen molar-refractivity contribution in [2.24, 2.45) is 11.8 Å². The second-order valence-corrected chi connectivity index (χ2v) is 6.14. The van der Waals surface area contributed by atoms with Gasteiger partial charge in [0.15, 0.2) is 0 Å². The number of rotatable bonds is 4. The number of aliphatic hydroxyl groups is 2. The summed E-state index contributed by atoms with van der Waals surface area (Å²) in [6.45, 7) is 2.78. The Kier molecular flexibility index (Phi) is 3.87. The van der Waals surface area contributed by atoms with Gasteiger partial charge in [-0.25, -0.2) is 4.98 Å². The van der Waals surface area contributed by atoms with Crippen LogP contribution in [0.2, 0.25) is 0 Å². The lowest BCUT2D eigenvalue weighted by molar-refractivity contribution is 0.169. The standard InChI is InChI=1S/C16H23N3O2/c1-10(21)16-18-14-7-13(17)5-6-15(14)19(16)8-11-3-2-4-12(11)9-20/h5-7,10-12,20-21H,2-4,8-9,17H2,1H3. The van der Waals surface area contributed by atoms with Crippen LogP contribution in [-0.2, 0) is 6.54 Å². The predicted octanol–water partition coefficient (Wildman–Crippen LogP) is 2.08. The maximum atomic E-state index is 10.0. The molecular weight excluding hydrogens is 266 g/mol. The molecule has 3 rings (SSSR count). The maximum absolute atomic E-state index is 10.0.